The summed E-state index contributed by atoms with van der Waals surface area (Å²) in [5, 5.41) is 1.00. The SMILES string of the molecule is CCOC(=O)c1c(-c2c[nH]c3ccccc23)cc(-c2ccc(Br)cc2)nc1N. The van der Waals surface area contributed by atoms with Gasteiger partial charge in [0.15, 0.2) is 0 Å². The van der Waals surface area contributed by atoms with Crippen LogP contribution in [-0.2, 0) is 4.74 Å². The van der Waals surface area contributed by atoms with Crippen molar-refractivity contribution in [1.82, 2.24) is 9.97 Å². The van der Waals surface area contributed by atoms with Gasteiger partial charge in [-0.15, -0.1) is 0 Å². The van der Waals surface area contributed by atoms with Gasteiger partial charge < -0.3 is 15.5 Å². The minimum atomic E-state index is -0.477. The molecule has 0 aliphatic rings. The molecule has 0 spiro atoms. The van der Waals surface area contributed by atoms with E-state index in [0.717, 1.165) is 26.5 Å². The van der Waals surface area contributed by atoms with Crippen LogP contribution in [0, 0.1) is 0 Å². The van der Waals surface area contributed by atoms with Crippen molar-refractivity contribution in [3.05, 3.63) is 70.8 Å². The van der Waals surface area contributed by atoms with Crippen molar-refractivity contribution in [2.45, 2.75) is 6.92 Å². The molecule has 5 nitrogen and oxygen atoms in total. The fraction of sp³-hybridized carbons (Fsp3) is 0.0909. The third-order valence-corrected chi connectivity index (χ3v) is 5.08. The van der Waals surface area contributed by atoms with Crippen LogP contribution >= 0.6 is 15.9 Å². The van der Waals surface area contributed by atoms with Gasteiger partial charge in [0, 0.05) is 38.3 Å². The Balaban J connectivity index is 1.97. The first-order valence-corrected chi connectivity index (χ1v) is 9.68. The van der Waals surface area contributed by atoms with Crippen LogP contribution in [0.1, 0.15) is 17.3 Å². The fourth-order valence-corrected chi connectivity index (χ4v) is 3.52. The third kappa shape index (κ3) is 3.27. The Hall–Kier alpha value is -3.12. The van der Waals surface area contributed by atoms with Crippen molar-refractivity contribution in [2.75, 3.05) is 12.3 Å². The number of nitrogens with two attached hydrogens (primary N) is 1. The molecule has 6 heteroatoms. The lowest BCUT2D eigenvalue weighted by atomic mass is 9.97. The number of ether oxygens (including phenoxy) is 1. The first-order valence-electron chi connectivity index (χ1n) is 8.88. The van der Waals surface area contributed by atoms with Crippen LogP contribution < -0.4 is 5.73 Å². The molecule has 4 aromatic rings. The van der Waals surface area contributed by atoms with Gasteiger partial charge in [-0.3, -0.25) is 0 Å². The highest BCUT2D eigenvalue weighted by Crippen LogP contribution is 2.36. The maximum Gasteiger partial charge on any atom is 0.342 e. The number of anilines is 1. The van der Waals surface area contributed by atoms with E-state index in [-0.39, 0.29) is 18.0 Å². The highest BCUT2D eigenvalue weighted by Gasteiger charge is 2.22. The summed E-state index contributed by atoms with van der Waals surface area (Å²) in [6, 6.07) is 17.6. The van der Waals surface area contributed by atoms with E-state index in [9.17, 15) is 4.79 Å². The summed E-state index contributed by atoms with van der Waals surface area (Å²) in [5.41, 5.74) is 10.7. The summed E-state index contributed by atoms with van der Waals surface area (Å²) in [5.74, 6) is -0.325. The van der Waals surface area contributed by atoms with Gasteiger partial charge in [-0.05, 0) is 31.2 Å². The Kier molecular flexibility index (Phi) is 4.88. The van der Waals surface area contributed by atoms with E-state index in [1.54, 1.807) is 6.92 Å². The topological polar surface area (TPSA) is 81.0 Å². The first-order chi connectivity index (χ1) is 13.6. The normalized spacial score (nSPS) is 10.9. The molecule has 28 heavy (non-hydrogen) atoms. The van der Waals surface area contributed by atoms with E-state index in [1.807, 2.05) is 60.8 Å². The number of rotatable bonds is 4. The molecule has 0 saturated heterocycles. The second-order valence-corrected chi connectivity index (χ2v) is 7.21. The Labute approximate surface area is 170 Å². The Morgan fingerprint density at radius 3 is 2.64 bits per heavy atom. The Morgan fingerprint density at radius 2 is 1.89 bits per heavy atom. The average molecular weight is 436 g/mol. The number of nitrogen functional groups attached to an aromatic ring is 1. The van der Waals surface area contributed by atoms with Gasteiger partial charge in [0.05, 0.1) is 12.3 Å². The van der Waals surface area contributed by atoms with E-state index < -0.39 is 5.97 Å². The highest BCUT2D eigenvalue weighted by molar-refractivity contribution is 9.10. The molecule has 0 unspecified atom stereocenters. The number of halogens is 1. The third-order valence-electron chi connectivity index (χ3n) is 4.55. The maximum absolute atomic E-state index is 12.7. The molecule has 2 aromatic carbocycles. The number of hydrogen-bond acceptors (Lipinski definition) is 4. The van der Waals surface area contributed by atoms with Gasteiger partial charge in [-0.25, -0.2) is 9.78 Å². The van der Waals surface area contributed by atoms with Gasteiger partial charge in [0.2, 0.25) is 0 Å². The summed E-state index contributed by atoms with van der Waals surface area (Å²) in [4.78, 5) is 20.4. The molecular weight excluding hydrogens is 418 g/mol. The molecule has 4 rings (SSSR count). The molecule has 0 fully saturated rings. The molecule has 0 bridgehead atoms. The van der Waals surface area contributed by atoms with E-state index in [0.29, 0.717) is 11.3 Å². The summed E-state index contributed by atoms with van der Waals surface area (Å²) in [6.07, 6.45) is 1.88. The molecular formula is C22H18BrN3O2. The largest absolute Gasteiger partial charge is 0.462 e. The van der Waals surface area contributed by atoms with Crippen molar-refractivity contribution >= 4 is 38.6 Å². The Morgan fingerprint density at radius 1 is 1.14 bits per heavy atom. The predicted molar refractivity (Wildman–Crippen MR) is 115 cm³/mol. The number of H-pyrrole nitrogens is 1. The molecule has 2 aromatic heterocycles. The molecule has 0 amide bonds. The lowest BCUT2D eigenvalue weighted by Gasteiger charge is -2.13. The van der Waals surface area contributed by atoms with Gasteiger partial charge in [0.1, 0.15) is 11.4 Å². The van der Waals surface area contributed by atoms with Crippen molar-refractivity contribution in [2.24, 2.45) is 0 Å². The molecule has 0 aliphatic heterocycles. The quantitative estimate of drug-likeness (QED) is 0.419. The molecule has 0 saturated carbocycles. The van der Waals surface area contributed by atoms with Crippen LogP contribution in [0.3, 0.4) is 0 Å². The van der Waals surface area contributed by atoms with Crippen molar-refractivity contribution in [3.63, 3.8) is 0 Å². The number of esters is 1. The highest BCUT2D eigenvalue weighted by atomic mass is 79.9. The van der Waals surface area contributed by atoms with Crippen molar-refractivity contribution < 1.29 is 9.53 Å². The summed E-state index contributed by atoms with van der Waals surface area (Å²) >= 11 is 3.44. The average Bonchev–Trinajstić information content (AvgIpc) is 3.12. The van der Waals surface area contributed by atoms with Crippen LogP contribution in [0.4, 0.5) is 5.82 Å². The fourth-order valence-electron chi connectivity index (χ4n) is 3.26. The zero-order valence-corrected chi connectivity index (χ0v) is 16.8. The van der Waals surface area contributed by atoms with Gasteiger partial charge in [0.25, 0.3) is 0 Å². The maximum atomic E-state index is 12.7. The Bertz CT molecular complexity index is 1170. The number of fused-ring (bicyclic) bond motifs is 1. The summed E-state index contributed by atoms with van der Waals surface area (Å²) < 4.78 is 6.22. The zero-order valence-electron chi connectivity index (χ0n) is 15.2. The minimum absolute atomic E-state index is 0.152. The number of hydrogen-bond donors (Lipinski definition) is 2. The van der Waals surface area contributed by atoms with Crippen LogP contribution in [-0.4, -0.2) is 22.5 Å². The second-order valence-electron chi connectivity index (χ2n) is 6.29. The standard InChI is InChI=1S/C22H18BrN3O2/c1-2-28-22(27)20-16(17-12-25-18-6-4-3-5-15(17)18)11-19(26-21(20)24)13-7-9-14(23)10-8-13/h3-12,25H,2H2,1H3,(H2,24,26). The predicted octanol–water partition coefficient (Wildman–Crippen LogP) is 5.42. The number of aromatic amines is 1. The number of benzene rings is 2. The number of pyridine rings is 1. The van der Waals surface area contributed by atoms with Crippen molar-refractivity contribution in [1.29, 1.82) is 0 Å². The van der Waals surface area contributed by atoms with Crippen molar-refractivity contribution in [3.8, 4) is 22.4 Å². The van der Waals surface area contributed by atoms with E-state index in [4.69, 9.17) is 10.5 Å². The molecule has 2 heterocycles. The molecule has 3 N–H and O–H groups in total. The molecule has 0 atom stereocenters. The number of para-hydroxylation sites is 1. The number of nitrogens with one attached hydrogen (secondary N) is 1. The lowest BCUT2D eigenvalue weighted by molar-refractivity contribution is 0.0528. The summed E-state index contributed by atoms with van der Waals surface area (Å²) in [6.45, 7) is 2.03. The van der Waals surface area contributed by atoms with Gasteiger partial charge in [-0.2, -0.15) is 0 Å². The van der Waals surface area contributed by atoms with E-state index in [1.165, 1.54) is 0 Å². The lowest BCUT2D eigenvalue weighted by Crippen LogP contribution is -2.12. The number of aromatic nitrogens is 2. The van der Waals surface area contributed by atoms with E-state index >= 15 is 0 Å². The van der Waals surface area contributed by atoms with Crippen LogP contribution in [0.2, 0.25) is 0 Å². The number of carbonyl (C=O) groups is 1. The molecule has 140 valence electrons. The van der Waals surface area contributed by atoms with Crippen LogP contribution in [0.5, 0.6) is 0 Å². The minimum Gasteiger partial charge on any atom is -0.462 e. The van der Waals surface area contributed by atoms with E-state index in [2.05, 4.69) is 25.9 Å². The first kappa shape index (κ1) is 18.3. The molecule has 0 aliphatic carbocycles. The molecule has 0 radical (unpaired) electrons. The number of carbonyl (C=O) groups excluding carboxylic acids is 1. The van der Waals surface area contributed by atoms with Gasteiger partial charge >= 0.3 is 5.97 Å². The van der Waals surface area contributed by atoms with Crippen LogP contribution in [0.25, 0.3) is 33.3 Å². The number of nitrogens with zero attached hydrogens (tertiary/aromatic N) is 1. The smallest absolute Gasteiger partial charge is 0.342 e. The monoisotopic (exact) mass is 435 g/mol. The second kappa shape index (κ2) is 7.48. The summed E-state index contributed by atoms with van der Waals surface area (Å²) in [7, 11) is 0. The zero-order chi connectivity index (χ0) is 19.7. The van der Waals surface area contributed by atoms with Crippen LogP contribution in [0.15, 0.2) is 65.3 Å². The van der Waals surface area contributed by atoms with Gasteiger partial charge in [-0.1, -0.05) is 46.3 Å².